The van der Waals surface area contributed by atoms with Crippen LogP contribution in [0.2, 0.25) is 0 Å². The van der Waals surface area contributed by atoms with E-state index in [4.69, 9.17) is 16.3 Å². The topological polar surface area (TPSA) is 47.0 Å². The maximum atomic E-state index is 7.11. The first kappa shape index (κ1) is 18.0. The number of aromatic nitrogens is 3. The molecule has 1 fully saturated rings. The number of hydrogen-bond acceptors (Lipinski definition) is 4. The number of rotatable bonds is 4. The predicted molar refractivity (Wildman–Crippen MR) is 108 cm³/mol. The van der Waals surface area contributed by atoms with Crippen LogP contribution in [0.25, 0.3) is 21.7 Å². The summed E-state index contributed by atoms with van der Waals surface area (Å²) in [4.78, 5) is 15.0. The standard InChI is InChI=1S/C20H20BrN5O/c1-22-16-7-5-15(6-8-16)18-17(21)19-23-9-11-26(19)20(24-18)27-13-14-4-3-10-25(2)12-14/h5-9,11,14H,3-4,10,12-13H2,2H3/t14-/m1/s1. The van der Waals surface area contributed by atoms with Gasteiger partial charge in [-0.1, -0.05) is 24.3 Å². The van der Waals surface area contributed by atoms with Crippen LogP contribution in [0.1, 0.15) is 12.8 Å². The van der Waals surface area contributed by atoms with Gasteiger partial charge in [-0.15, -0.1) is 0 Å². The average Bonchev–Trinajstić information content (AvgIpc) is 3.18. The predicted octanol–water partition coefficient (Wildman–Crippen LogP) is 4.43. The second-order valence-electron chi connectivity index (χ2n) is 6.92. The van der Waals surface area contributed by atoms with Crippen molar-refractivity contribution in [2.24, 2.45) is 5.92 Å². The molecular formula is C20H20BrN5O. The summed E-state index contributed by atoms with van der Waals surface area (Å²) < 4.78 is 8.82. The van der Waals surface area contributed by atoms with E-state index in [1.807, 2.05) is 22.7 Å². The number of nitrogens with zero attached hydrogens (tertiary/aromatic N) is 5. The summed E-state index contributed by atoms with van der Waals surface area (Å²) >= 11 is 3.63. The van der Waals surface area contributed by atoms with E-state index in [-0.39, 0.29) is 0 Å². The molecule has 0 amide bonds. The molecule has 3 heterocycles. The van der Waals surface area contributed by atoms with Crippen molar-refractivity contribution in [1.29, 1.82) is 0 Å². The van der Waals surface area contributed by atoms with Crippen molar-refractivity contribution in [3.63, 3.8) is 0 Å². The molecule has 0 radical (unpaired) electrons. The lowest BCUT2D eigenvalue weighted by atomic mass is 10.00. The van der Waals surface area contributed by atoms with Crippen molar-refractivity contribution in [2.75, 3.05) is 26.7 Å². The molecule has 0 saturated carbocycles. The average molecular weight is 426 g/mol. The molecule has 0 spiro atoms. The first-order valence-corrected chi connectivity index (χ1v) is 9.77. The van der Waals surface area contributed by atoms with E-state index < -0.39 is 0 Å². The summed E-state index contributed by atoms with van der Waals surface area (Å²) in [7, 11) is 2.16. The minimum absolute atomic E-state index is 0.508. The van der Waals surface area contributed by atoms with Gasteiger partial charge in [0, 0.05) is 24.9 Å². The number of likely N-dealkylation sites (tertiary alicyclic amines) is 1. The van der Waals surface area contributed by atoms with Crippen molar-refractivity contribution >= 4 is 27.3 Å². The molecule has 1 saturated heterocycles. The summed E-state index contributed by atoms with van der Waals surface area (Å²) in [5.41, 5.74) is 3.06. The third-order valence-corrected chi connectivity index (χ3v) is 5.63. The number of halogens is 1. The van der Waals surface area contributed by atoms with E-state index >= 15 is 0 Å². The molecule has 3 aromatic rings. The Bertz CT molecular complexity index is 992. The largest absolute Gasteiger partial charge is 0.464 e. The van der Waals surface area contributed by atoms with Crippen molar-refractivity contribution in [1.82, 2.24) is 19.3 Å². The maximum Gasteiger partial charge on any atom is 0.302 e. The molecule has 7 heteroatoms. The highest BCUT2D eigenvalue weighted by Crippen LogP contribution is 2.33. The number of fused-ring (bicyclic) bond motifs is 1. The van der Waals surface area contributed by atoms with Crippen LogP contribution in [0.15, 0.2) is 41.1 Å². The zero-order chi connectivity index (χ0) is 18.8. The van der Waals surface area contributed by atoms with Gasteiger partial charge in [0.15, 0.2) is 11.3 Å². The molecule has 1 atom stereocenters. The summed E-state index contributed by atoms with van der Waals surface area (Å²) in [5.74, 6) is 0.508. The Labute approximate surface area is 166 Å². The Morgan fingerprint density at radius 1 is 1.33 bits per heavy atom. The number of ether oxygens (including phenoxy) is 1. The van der Waals surface area contributed by atoms with Crippen LogP contribution in [-0.4, -0.2) is 46.0 Å². The molecule has 6 nitrogen and oxygen atoms in total. The fourth-order valence-electron chi connectivity index (χ4n) is 3.51. The Morgan fingerprint density at radius 3 is 2.89 bits per heavy atom. The summed E-state index contributed by atoms with van der Waals surface area (Å²) in [6.07, 6.45) is 5.99. The van der Waals surface area contributed by atoms with Crippen LogP contribution in [0.3, 0.4) is 0 Å². The lowest BCUT2D eigenvalue weighted by Crippen LogP contribution is -2.35. The molecule has 0 aliphatic carbocycles. The first-order valence-electron chi connectivity index (χ1n) is 8.97. The molecule has 0 N–H and O–H groups in total. The van der Waals surface area contributed by atoms with Gasteiger partial charge in [0.1, 0.15) is 0 Å². The van der Waals surface area contributed by atoms with Crippen LogP contribution in [0.4, 0.5) is 5.69 Å². The highest BCUT2D eigenvalue weighted by molar-refractivity contribution is 9.10. The van der Waals surface area contributed by atoms with Crippen LogP contribution < -0.4 is 4.74 Å². The monoisotopic (exact) mass is 425 g/mol. The van der Waals surface area contributed by atoms with Crippen LogP contribution in [0.5, 0.6) is 6.01 Å². The third kappa shape index (κ3) is 3.68. The van der Waals surface area contributed by atoms with Crippen LogP contribution in [-0.2, 0) is 0 Å². The second kappa shape index (κ2) is 7.67. The first-order chi connectivity index (χ1) is 13.2. The third-order valence-electron chi connectivity index (χ3n) is 4.90. The van der Waals surface area contributed by atoms with Gasteiger partial charge in [0.2, 0.25) is 0 Å². The SMILES string of the molecule is [C-]#[N+]c1ccc(-c2nc(OC[C@@H]3CCCN(C)C3)n3ccnc3c2Br)cc1. The molecular weight excluding hydrogens is 406 g/mol. The van der Waals surface area contributed by atoms with Gasteiger partial charge in [-0.05, 0) is 47.9 Å². The summed E-state index contributed by atoms with van der Waals surface area (Å²) in [6.45, 7) is 9.96. The minimum Gasteiger partial charge on any atom is -0.464 e. The Morgan fingerprint density at radius 2 is 2.15 bits per heavy atom. The molecule has 2 aromatic heterocycles. The second-order valence-corrected chi connectivity index (χ2v) is 7.71. The number of benzene rings is 1. The molecule has 1 aromatic carbocycles. The minimum atomic E-state index is 0.508. The van der Waals surface area contributed by atoms with Crippen molar-refractivity contribution < 1.29 is 4.74 Å². The Balaban J connectivity index is 1.66. The van der Waals surface area contributed by atoms with Crippen molar-refractivity contribution in [3.05, 3.63) is 52.5 Å². The number of hydrogen-bond donors (Lipinski definition) is 0. The number of imidazole rings is 1. The number of piperidine rings is 1. The molecule has 1 aliphatic heterocycles. The van der Waals surface area contributed by atoms with Crippen molar-refractivity contribution in [2.45, 2.75) is 12.8 Å². The van der Waals surface area contributed by atoms with E-state index in [1.165, 1.54) is 12.8 Å². The lowest BCUT2D eigenvalue weighted by molar-refractivity contribution is 0.143. The fraction of sp³-hybridized carbons (Fsp3) is 0.350. The molecule has 4 rings (SSSR count). The fourth-order valence-corrected chi connectivity index (χ4v) is 4.12. The zero-order valence-corrected chi connectivity index (χ0v) is 16.7. The van der Waals surface area contributed by atoms with Crippen LogP contribution in [0, 0.1) is 12.5 Å². The van der Waals surface area contributed by atoms with Gasteiger partial charge >= 0.3 is 6.01 Å². The maximum absolute atomic E-state index is 7.11. The normalized spacial score (nSPS) is 17.7. The van der Waals surface area contributed by atoms with Gasteiger partial charge in [-0.3, -0.25) is 4.40 Å². The van der Waals surface area contributed by atoms with E-state index in [9.17, 15) is 0 Å². The molecule has 138 valence electrons. The highest BCUT2D eigenvalue weighted by Gasteiger charge is 2.20. The van der Waals surface area contributed by atoms with Gasteiger partial charge in [-0.25, -0.2) is 9.83 Å². The summed E-state index contributed by atoms with van der Waals surface area (Å²) in [6, 6.07) is 7.94. The summed E-state index contributed by atoms with van der Waals surface area (Å²) in [5, 5.41) is 0. The molecule has 0 unspecified atom stereocenters. The van der Waals surface area contributed by atoms with E-state index in [0.717, 1.165) is 34.5 Å². The van der Waals surface area contributed by atoms with Crippen LogP contribution >= 0.6 is 15.9 Å². The smallest absolute Gasteiger partial charge is 0.302 e. The molecule has 0 bridgehead atoms. The van der Waals surface area contributed by atoms with Gasteiger partial charge in [0.25, 0.3) is 0 Å². The Kier molecular flexibility index (Phi) is 5.10. The lowest BCUT2D eigenvalue weighted by Gasteiger charge is -2.29. The zero-order valence-electron chi connectivity index (χ0n) is 15.1. The van der Waals surface area contributed by atoms with E-state index in [2.05, 4.69) is 37.7 Å². The van der Waals surface area contributed by atoms with E-state index in [1.54, 1.807) is 18.3 Å². The van der Waals surface area contributed by atoms with Gasteiger partial charge in [0.05, 0.1) is 23.3 Å². The van der Waals surface area contributed by atoms with E-state index in [0.29, 0.717) is 24.2 Å². The molecule has 1 aliphatic rings. The van der Waals surface area contributed by atoms with Gasteiger partial charge in [-0.2, -0.15) is 4.98 Å². The van der Waals surface area contributed by atoms with Crippen molar-refractivity contribution in [3.8, 4) is 17.3 Å². The van der Waals surface area contributed by atoms with Gasteiger partial charge < -0.3 is 9.64 Å². The molecule has 27 heavy (non-hydrogen) atoms. The quantitative estimate of drug-likeness (QED) is 0.580. The highest BCUT2D eigenvalue weighted by atomic mass is 79.9. The Hall–Kier alpha value is -2.43.